The van der Waals surface area contributed by atoms with Gasteiger partial charge in [0, 0.05) is 38.9 Å². The summed E-state index contributed by atoms with van der Waals surface area (Å²) in [7, 11) is 3.69. The van der Waals surface area contributed by atoms with Crippen molar-refractivity contribution in [2.24, 2.45) is 12.0 Å². The summed E-state index contributed by atoms with van der Waals surface area (Å²) in [6.45, 7) is 6.27. The van der Waals surface area contributed by atoms with Crippen molar-refractivity contribution in [3.05, 3.63) is 21.9 Å². The van der Waals surface area contributed by atoms with Crippen molar-refractivity contribution < 1.29 is 0 Å². The molecule has 1 aromatic heterocycles. The van der Waals surface area contributed by atoms with E-state index >= 15 is 0 Å². The van der Waals surface area contributed by atoms with Crippen molar-refractivity contribution in [2.45, 2.75) is 45.2 Å². The topological polar surface area (TPSA) is 44.6 Å². The Labute approximate surface area is 155 Å². The average molecular weight is 374 g/mol. The van der Waals surface area contributed by atoms with Crippen molar-refractivity contribution in [3.8, 4) is 0 Å². The van der Waals surface area contributed by atoms with Crippen LogP contribution in [0.3, 0.4) is 0 Å². The van der Waals surface area contributed by atoms with Gasteiger partial charge < -0.3 is 20.1 Å². The first kappa shape index (κ1) is 19.4. The van der Waals surface area contributed by atoms with E-state index in [0.29, 0.717) is 16.7 Å². The number of hydrogen-bond donors (Lipinski definition) is 2. The minimum absolute atomic E-state index is 0.562. The van der Waals surface area contributed by atoms with E-state index in [1.807, 2.05) is 17.7 Å². The second-order valence-corrected chi connectivity index (χ2v) is 7.19. The van der Waals surface area contributed by atoms with Gasteiger partial charge in [0.2, 0.25) is 0 Å². The third-order valence-electron chi connectivity index (χ3n) is 4.73. The molecule has 1 unspecified atom stereocenters. The van der Waals surface area contributed by atoms with E-state index in [1.54, 1.807) is 7.05 Å². The fraction of sp³-hybridized carbons (Fsp3) is 0.706. The lowest BCUT2D eigenvalue weighted by molar-refractivity contribution is 0.159. The molecule has 2 heterocycles. The van der Waals surface area contributed by atoms with E-state index in [2.05, 4.69) is 27.4 Å². The lowest BCUT2D eigenvalue weighted by Gasteiger charge is -2.33. The molecule has 136 valence electrons. The molecule has 0 saturated carbocycles. The molecule has 1 fully saturated rings. The Morgan fingerprint density at radius 1 is 1.33 bits per heavy atom. The zero-order chi connectivity index (χ0) is 17.5. The Morgan fingerprint density at radius 2 is 2.12 bits per heavy atom. The maximum absolute atomic E-state index is 6.09. The molecule has 1 aromatic rings. The van der Waals surface area contributed by atoms with E-state index in [4.69, 9.17) is 23.2 Å². The molecule has 0 radical (unpaired) electrons. The largest absolute Gasteiger partial charge is 0.356 e. The molecular formula is C17H29Cl2N5. The van der Waals surface area contributed by atoms with Crippen LogP contribution in [-0.4, -0.2) is 48.2 Å². The van der Waals surface area contributed by atoms with Crippen molar-refractivity contribution in [2.75, 3.05) is 26.7 Å². The van der Waals surface area contributed by atoms with Crippen LogP contribution in [0.15, 0.2) is 11.1 Å². The van der Waals surface area contributed by atoms with Crippen LogP contribution in [0.25, 0.3) is 0 Å². The van der Waals surface area contributed by atoms with Crippen LogP contribution >= 0.6 is 23.2 Å². The van der Waals surface area contributed by atoms with Gasteiger partial charge in [-0.1, -0.05) is 29.6 Å². The summed E-state index contributed by atoms with van der Waals surface area (Å²) in [5, 5.41) is 7.81. The van der Waals surface area contributed by atoms with Crippen LogP contribution in [0.1, 0.15) is 38.3 Å². The highest BCUT2D eigenvalue weighted by Crippen LogP contribution is 2.24. The number of nitrogens with zero attached hydrogens (tertiary/aromatic N) is 3. The summed E-state index contributed by atoms with van der Waals surface area (Å²) in [6.07, 6.45) is 5.16. The third-order valence-corrected chi connectivity index (χ3v) is 5.57. The van der Waals surface area contributed by atoms with E-state index in [1.165, 1.54) is 25.8 Å². The average Bonchev–Trinajstić information content (AvgIpc) is 2.83. The number of guanidine groups is 1. The number of aliphatic imine (C=N–C) groups is 1. The molecule has 0 spiro atoms. The van der Waals surface area contributed by atoms with E-state index in [9.17, 15) is 0 Å². The number of piperidine rings is 1. The summed E-state index contributed by atoms with van der Waals surface area (Å²) in [4.78, 5) is 6.86. The Balaban J connectivity index is 1.69. The van der Waals surface area contributed by atoms with Gasteiger partial charge in [0.25, 0.3) is 0 Å². The summed E-state index contributed by atoms with van der Waals surface area (Å²) in [6, 6.07) is 2.60. The first-order valence-electron chi connectivity index (χ1n) is 8.71. The Kier molecular flexibility index (Phi) is 7.72. The Bertz CT molecular complexity index is 555. The molecule has 0 bridgehead atoms. The van der Waals surface area contributed by atoms with Crippen molar-refractivity contribution in [1.29, 1.82) is 0 Å². The molecule has 0 amide bonds. The lowest BCUT2D eigenvalue weighted by atomic mass is 10.0. The summed E-state index contributed by atoms with van der Waals surface area (Å²) < 4.78 is 1.88. The standard InChI is InChI=1S/C17H29Cl2N5/c1-13-7-4-5-9-24(13)10-6-8-21-17(20-2)22-12-14-11-15(18)16(19)23(14)3/h11,13H,4-10,12H2,1-3H3,(H2,20,21,22). The van der Waals surface area contributed by atoms with Crippen molar-refractivity contribution in [3.63, 3.8) is 0 Å². The Morgan fingerprint density at radius 3 is 2.75 bits per heavy atom. The highest BCUT2D eigenvalue weighted by atomic mass is 35.5. The molecule has 1 aliphatic rings. The quantitative estimate of drug-likeness (QED) is 0.456. The van der Waals surface area contributed by atoms with Crippen LogP contribution < -0.4 is 10.6 Å². The highest BCUT2D eigenvalue weighted by Gasteiger charge is 2.17. The predicted octanol–water partition coefficient (Wildman–Crippen LogP) is 3.26. The molecule has 0 aliphatic carbocycles. The van der Waals surface area contributed by atoms with Gasteiger partial charge in [-0.3, -0.25) is 4.99 Å². The molecule has 2 N–H and O–H groups in total. The molecule has 2 rings (SSSR count). The molecule has 7 heteroatoms. The van der Waals surface area contributed by atoms with Gasteiger partial charge in [0.05, 0.1) is 11.6 Å². The minimum Gasteiger partial charge on any atom is -0.356 e. The first-order valence-corrected chi connectivity index (χ1v) is 9.46. The van der Waals surface area contributed by atoms with Gasteiger partial charge >= 0.3 is 0 Å². The lowest BCUT2D eigenvalue weighted by Crippen LogP contribution is -2.41. The van der Waals surface area contributed by atoms with Crippen LogP contribution in [-0.2, 0) is 13.6 Å². The molecule has 1 saturated heterocycles. The fourth-order valence-electron chi connectivity index (χ4n) is 3.13. The minimum atomic E-state index is 0.562. The van der Waals surface area contributed by atoms with Gasteiger partial charge in [-0.15, -0.1) is 0 Å². The van der Waals surface area contributed by atoms with Crippen LogP contribution in [0.5, 0.6) is 0 Å². The number of aromatic nitrogens is 1. The predicted molar refractivity (Wildman–Crippen MR) is 103 cm³/mol. The normalized spacial score (nSPS) is 19.5. The highest BCUT2D eigenvalue weighted by molar-refractivity contribution is 6.41. The van der Waals surface area contributed by atoms with E-state index in [0.717, 1.165) is 37.2 Å². The Hall–Kier alpha value is -0.910. The monoisotopic (exact) mass is 373 g/mol. The third kappa shape index (κ3) is 5.30. The molecule has 1 atom stereocenters. The van der Waals surface area contributed by atoms with Gasteiger partial charge in [-0.05, 0) is 38.8 Å². The molecule has 1 aliphatic heterocycles. The molecule has 5 nitrogen and oxygen atoms in total. The van der Waals surface area contributed by atoms with Crippen LogP contribution in [0.4, 0.5) is 0 Å². The summed E-state index contributed by atoms with van der Waals surface area (Å²) in [5.41, 5.74) is 1.02. The van der Waals surface area contributed by atoms with Crippen LogP contribution in [0.2, 0.25) is 10.2 Å². The summed E-state index contributed by atoms with van der Waals surface area (Å²) in [5.74, 6) is 0.801. The fourth-order valence-corrected chi connectivity index (χ4v) is 3.55. The molecular weight excluding hydrogens is 345 g/mol. The van der Waals surface area contributed by atoms with Gasteiger partial charge in [0.15, 0.2) is 5.96 Å². The van der Waals surface area contributed by atoms with Crippen molar-refractivity contribution in [1.82, 2.24) is 20.1 Å². The number of nitrogens with one attached hydrogen (secondary N) is 2. The second-order valence-electron chi connectivity index (χ2n) is 6.42. The molecule has 0 aromatic carbocycles. The molecule has 24 heavy (non-hydrogen) atoms. The number of hydrogen-bond acceptors (Lipinski definition) is 2. The first-order chi connectivity index (χ1) is 11.5. The van der Waals surface area contributed by atoms with Gasteiger partial charge in [0.1, 0.15) is 5.15 Å². The van der Waals surface area contributed by atoms with E-state index in [-0.39, 0.29) is 0 Å². The number of likely N-dealkylation sites (tertiary alicyclic amines) is 1. The summed E-state index contributed by atoms with van der Waals surface area (Å²) >= 11 is 12.1. The number of rotatable bonds is 6. The van der Waals surface area contributed by atoms with Gasteiger partial charge in [-0.2, -0.15) is 0 Å². The SMILES string of the molecule is CN=C(NCCCN1CCCCC1C)NCc1cc(Cl)c(Cl)n1C. The maximum atomic E-state index is 6.09. The van der Waals surface area contributed by atoms with Gasteiger partial charge in [-0.25, -0.2) is 0 Å². The van der Waals surface area contributed by atoms with Crippen molar-refractivity contribution >= 4 is 29.2 Å². The number of halogens is 2. The smallest absolute Gasteiger partial charge is 0.191 e. The van der Waals surface area contributed by atoms with E-state index < -0.39 is 0 Å². The zero-order valence-corrected chi connectivity index (χ0v) is 16.4. The second kappa shape index (κ2) is 9.54. The zero-order valence-electron chi connectivity index (χ0n) is 14.9. The van der Waals surface area contributed by atoms with Crippen LogP contribution in [0, 0.1) is 0 Å². The maximum Gasteiger partial charge on any atom is 0.191 e.